The van der Waals surface area contributed by atoms with Crippen molar-refractivity contribution in [2.45, 2.75) is 50.9 Å². The van der Waals surface area contributed by atoms with Crippen LogP contribution < -0.4 is 0 Å². The number of carbonyl (C=O) groups excluding carboxylic acids is 1. The van der Waals surface area contributed by atoms with Crippen LogP contribution in [0.3, 0.4) is 0 Å². The van der Waals surface area contributed by atoms with Crippen LogP contribution in [0.4, 0.5) is 0 Å². The highest BCUT2D eigenvalue weighted by molar-refractivity contribution is 5.49. The third-order valence-electron chi connectivity index (χ3n) is 2.56. The summed E-state index contributed by atoms with van der Waals surface area (Å²) in [5.41, 5.74) is 0. The Hall–Kier alpha value is -0.890. The summed E-state index contributed by atoms with van der Waals surface area (Å²) in [4.78, 5) is 10.1. The molecule has 0 spiro atoms. The maximum Gasteiger partial charge on any atom is 0.158 e. The maximum absolute atomic E-state index is 10.1. The monoisotopic (exact) mass is 240 g/mol. The van der Waals surface area contributed by atoms with Gasteiger partial charge in [-0.3, -0.25) is 0 Å². The third kappa shape index (κ3) is 7.11. The van der Waals surface area contributed by atoms with E-state index in [0.29, 0.717) is 25.9 Å². The molecule has 1 rings (SSSR count). The first kappa shape index (κ1) is 14.2. The Morgan fingerprint density at radius 3 is 3.06 bits per heavy atom. The molecule has 0 amide bonds. The Bertz CT molecular complexity index is 260. The number of hydrogen-bond donors (Lipinski definition) is 1. The van der Waals surface area contributed by atoms with Gasteiger partial charge in [-0.15, -0.1) is 0 Å². The summed E-state index contributed by atoms with van der Waals surface area (Å²) >= 11 is 0. The molecule has 96 valence electrons. The molecule has 1 unspecified atom stereocenters. The van der Waals surface area contributed by atoms with Crippen molar-refractivity contribution in [1.82, 2.24) is 0 Å². The second kappa shape index (κ2) is 9.17. The minimum Gasteiger partial charge on any atom is -0.392 e. The summed E-state index contributed by atoms with van der Waals surface area (Å²) in [6.45, 7) is 1.10. The summed E-state index contributed by atoms with van der Waals surface area (Å²) in [6, 6.07) is 0. The zero-order valence-electron chi connectivity index (χ0n) is 10.1. The van der Waals surface area contributed by atoms with Crippen LogP contribution in [-0.4, -0.2) is 37.0 Å². The normalized spacial score (nSPS) is 21.4. The van der Waals surface area contributed by atoms with E-state index < -0.39 is 6.10 Å². The Labute approximate surface area is 102 Å². The Morgan fingerprint density at radius 1 is 1.47 bits per heavy atom. The summed E-state index contributed by atoms with van der Waals surface area (Å²) in [5, 5.41) is 9.40. The predicted octanol–water partition coefficient (Wildman–Crippen LogP) is 1.26. The molecule has 0 aromatic carbocycles. The zero-order valence-corrected chi connectivity index (χ0v) is 10.1. The first-order chi connectivity index (χ1) is 8.33. The fourth-order valence-electron chi connectivity index (χ4n) is 1.58. The van der Waals surface area contributed by atoms with E-state index in [4.69, 9.17) is 9.47 Å². The van der Waals surface area contributed by atoms with Gasteiger partial charge in [0.05, 0.1) is 6.10 Å². The molecule has 0 aromatic rings. The molecule has 2 atom stereocenters. The maximum atomic E-state index is 10.1. The van der Waals surface area contributed by atoms with Crippen molar-refractivity contribution in [1.29, 1.82) is 0 Å². The van der Waals surface area contributed by atoms with Crippen molar-refractivity contribution in [3.8, 4) is 11.8 Å². The smallest absolute Gasteiger partial charge is 0.158 e. The van der Waals surface area contributed by atoms with Gasteiger partial charge in [-0.25, -0.2) is 0 Å². The van der Waals surface area contributed by atoms with Crippen LogP contribution in [0.1, 0.15) is 38.5 Å². The van der Waals surface area contributed by atoms with Gasteiger partial charge >= 0.3 is 0 Å². The number of rotatable bonds is 6. The highest BCUT2D eigenvalue weighted by atomic mass is 16.7. The SMILES string of the molecule is O=CCC[C@H](O)CC#CCOC1CCCCO1. The molecule has 0 aliphatic carbocycles. The van der Waals surface area contributed by atoms with Crippen LogP contribution in [0.2, 0.25) is 0 Å². The molecular formula is C13H20O4. The number of aliphatic hydroxyl groups excluding tert-OH is 1. The second-order valence-corrected chi connectivity index (χ2v) is 4.06. The van der Waals surface area contributed by atoms with Crippen molar-refractivity contribution in [3.63, 3.8) is 0 Å². The van der Waals surface area contributed by atoms with Crippen LogP contribution in [0.5, 0.6) is 0 Å². The van der Waals surface area contributed by atoms with E-state index in [9.17, 15) is 9.90 Å². The van der Waals surface area contributed by atoms with Gasteiger partial charge in [-0.2, -0.15) is 0 Å². The molecule has 0 saturated carbocycles. The van der Waals surface area contributed by atoms with Crippen molar-refractivity contribution in [3.05, 3.63) is 0 Å². The highest BCUT2D eigenvalue weighted by Crippen LogP contribution is 2.13. The molecule has 17 heavy (non-hydrogen) atoms. The number of aldehydes is 1. The van der Waals surface area contributed by atoms with E-state index in [1.807, 2.05) is 0 Å². The first-order valence-corrected chi connectivity index (χ1v) is 6.13. The van der Waals surface area contributed by atoms with Crippen LogP contribution in [0.25, 0.3) is 0 Å². The lowest BCUT2D eigenvalue weighted by atomic mass is 10.1. The van der Waals surface area contributed by atoms with Gasteiger partial charge in [0, 0.05) is 19.4 Å². The first-order valence-electron chi connectivity index (χ1n) is 6.13. The Kier molecular flexibility index (Phi) is 7.65. The van der Waals surface area contributed by atoms with E-state index in [0.717, 1.165) is 32.2 Å². The predicted molar refractivity (Wildman–Crippen MR) is 63.2 cm³/mol. The lowest BCUT2D eigenvalue weighted by Crippen LogP contribution is -2.22. The highest BCUT2D eigenvalue weighted by Gasteiger charge is 2.12. The molecule has 0 bridgehead atoms. The summed E-state index contributed by atoms with van der Waals surface area (Å²) in [6.07, 6.45) is 4.61. The third-order valence-corrected chi connectivity index (χ3v) is 2.56. The van der Waals surface area contributed by atoms with Crippen molar-refractivity contribution < 1.29 is 19.4 Å². The number of hydrogen-bond acceptors (Lipinski definition) is 4. The molecule has 1 heterocycles. The van der Waals surface area contributed by atoms with E-state index in [1.165, 1.54) is 0 Å². The van der Waals surface area contributed by atoms with E-state index in [1.54, 1.807) is 0 Å². The van der Waals surface area contributed by atoms with Crippen LogP contribution >= 0.6 is 0 Å². The average molecular weight is 240 g/mol. The topological polar surface area (TPSA) is 55.8 Å². The molecular weight excluding hydrogens is 220 g/mol. The molecule has 4 heteroatoms. The molecule has 1 aliphatic heterocycles. The molecule has 1 fully saturated rings. The second-order valence-electron chi connectivity index (χ2n) is 4.06. The fraction of sp³-hybridized carbons (Fsp3) is 0.769. The van der Waals surface area contributed by atoms with E-state index in [2.05, 4.69) is 11.8 Å². The lowest BCUT2D eigenvalue weighted by Gasteiger charge is -2.21. The van der Waals surface area contributed by atoms with Gasteiger partial charge in [0.15, 0.2) is 6.29 Å². The van der Waals surface area contributed by atoms with Crippen LogP contribution in [0, 0.1) is 11.8 Å². The quantitative estimate of drug-likeness (QED) is 0.561. The van der Waals surface area contributed by atoms with E-state index in [-0.39, 0.29) is 6.29 Å². The van der Waals surface area contributed by atoms with Gasteiger partial charge in [0.2, 0.25) is 0 Å². The molecule has 4 nitrogen and oxygen atoms in total. The fourth-order valence-corrected chi connectivity index (χ4v) is 1.58. The zero-order chi connectivity index (χ0) is 12.3. The molecule has 0 radical (unpaired) electrons. The molecule has 1 saturated heterocycles. The van der Waals surface area contributed by atoms with Crippen LogP contribution in [0.15, 0.2) is 0 Å². The number of aliphatic hydroxyl groups is 1. The molecule has 1 aliphatic rings. The Balaban J connectivity index is 2.03. The van der Waals surface area contributed by atoms with Gasteiger partial charge in [-0.1, -0.05) is 11.8 Å². The summed E-state index contributed by atoms with van der Waals surface area (Å²) in [7, 11) is 0. The van der Waals surface area contributed by atoms with Gasteiger partial charge in [0.1, 0.15) is 12.9 Å². The lowest BCUT2D eigenvalue weighted by molar-refractivity contribution is -0.154. The van der Waals surface area contributed by atoms with Crippen LogP contribution in [-0.2, 0) is 14.3 Å². The Morgan fingerprint density at radius 2 is 2.35 bits per heavy atom. The summed E-state index contributed by atoms with van der Waals surface area (Å²) < 4.78 is 10.8. The van der Waals surface area contributed by atoms with Crippen molar-refractivity contribution >= 4 is 6.29 Å². The largest absolute Gasteiger partial charge is 0.392 e. The minimum atomic E-state index is -0.515. The average Bonchev–Trinajstić information content (AvgIpc) is 2.37. The number of carbonyl (C=O) groups is 1. The van der Waals surface area contributed by atoms with Gasteiger partial charge in [-0.05, 0) is 25.7 Å². The molecule has 1 N–H and O–H groups in total. The molecule has 0 aromatic heterocycles. The minimum absolute atomic E-state index is 0.113. The van der Waals surface area contributed by atoms with Crippen molar-refractivity contribution in [2.24, 2.45) is 0 Å². The standard InChI is InChI=1S/C13H20O4/c14-9-5-7-12(15)6-1-3-10-16-13-8-2-4-11-17-13/h9,12-13,15H,2,4-8,10-11H2/t12-,13?/m1/s1. The number of ether oxygens (including phenoxy) is 2. The van der Waals surface area contributed by atoms with Crippen molar-refractivity contribution in [2.75, 3.05) is 13.2 Å². The summed E-state index contributed by atoms with van der Waals surface area (Å²) in [5.74, 6) is 5.68. The van der Waals surface area contributed by atoms with E-state index >= 15 is 0 Å². The van der Waals surface area contributed by atoms with Gasteiger partial charge < -0.3 is 19.4 Å². The van der Waals surface area contributed by atoms with Gasteiger partial charge in [0.25, 0.3) is 0 Å².